The van der Waals surface area contributed by atoms with Crippen molar-refractivity contribution in [2.45, 2.75) is 4.90 Å². The summed E-state index contributed by atoms with van der Waals surface area (Å²) in [7, 11) is -2.63. The van der Waals surface area contributed by atoms with Crippen molar-refractivity contribution in [2.24, 2.45) is 0 Å². The Balaban J connectivity index is 1.90. The Morgan fingerprint density at radius 3 is 2.34 bits per heavy atom. The lowest BCUT2D eigenvalue weighted by Gasteiger charge is -2.14. The molecule has 0 aliphatic heterocycles. The zero-order valence-corrected chi connectivity index (χ0v) is 16.7. The number of hydrogen-bond donors (Lipinski definition) is 2. The van der Waals surface area contributed by atoms with Crippen LogP contribution in [-0.4, -0.2) is 21.4 Å². The number of methoxy groups -OCH3 is 1. The van der Waals surface area contributed by atoms with Crippen LogP contribution in [0.4, 0.5) is 15.8 Å². The van der Waals surface area contributed by atoms with Gasteiger partial charge in [0.2, 0.25) is 0 Å². The van der Waals surface area contributed by atoms with Gasteiger partial charge in [0.15, 0.2) is 0 Å². The van der Waals surface area contributed by atoms with E-state index in [1.807, 2.05) is 0 Å². The van der Waals surface area contributed by atoms with Gasteiger partial charge in [-0.2, -0.15) is 0 Å². The number of anilines is 2. The van der Waals surface area contributed by atoms with Gasteiger partial charge in [0.05, 0.1) is 34.0 Å². The van der Waals surface area contributed by atoms with Crippen molar-refractivity contribution in [2.75, 3.05) is 17.1 Å². The topological polar surface area (TPSA) is 84.5 Å². The molecular formula is C20H16ClFN2O4S. The molecular weight excluding hydrogens is 419 g/mol. The Hall–Kier alpha value is -3.10. The summed E-state index contributed by atoms with van der Waals surface area (Å²) in [5, 5.41) is 2.37. The Morgan fingerprint density at radius 1 is 1.00 bits per heavy atom. The minimum Gasteiger partial charge on any atom is -0.495 e. The maximum Gasteiger partial charge on any atom is 0.261 e. The van der Waals surface area contributed by atoms with Crippen molar-refractivity contribution in [1.82, 2.24) is 0 Å². The van der Waals surface area contributed by atoms with E-state index in [2.05, 4.69) is 10.0 Å². The molecule has 9 heteroatoms. The fourth-order valence-corrected chi connectivity index (χ4v) is 3.91. The highest BCUT2D eigenvalue weighted by Gasteiger charge is 2.20. The number of carbonyl (C=O) groups is 1. The van der Waals surface area contributed by atoms with E-state index >= 15 is 0 Å². The van der Waals surface area contributed by atoms with Crippen LogP contribution in [0.25, 0.3) is 0 Å². The molecule has 0 aliphatic rings. The highest BCUT2D eigenvalue weighted by molar-refractivity contribution is 7.92. The number of benzene rings is 3. The van der Waals surface area contributed by atoms with Crippen molar-refractivity contribution in [3.63, 3.8) is 0 Å². The predicted molar refractivity (Wildman–Crippen MR) is 110 cm³/mol. The molecule has 2 N–H and O–H groups in total. The van der Waals surface area contributed by atoms with Gasteiger partial charge in [-0.25, -0.2) is 12.8 Å². The van der Waals surface area contributed by atoms with E-state index in [1.165, 1.54) is 19.2 Å². The minimum atomic E-state index is -4.10. The van der Waals surface area contributed by atoms with Crippen LogP contribution in [0.5, 0.6) is 5.75 Å². The van der Waals surface area contributed by atoms with Crippen LogP contribution in [0, 0.1) is 5.82 Å². The number of sulfonamides is 1. The molecule has 0 saturated heterocycles. The average Bonchev–Trinajstić information content (AvgIpc) is 2.70. The van der Waals surface area contributed by atoms with E-state index in [9.17, 15) is 17.6 Å². The van der Waals surface area contributed by atoms with Crippen LogP contribution >= 0.6 is 11.6 Å². The molecule has 150 valence electrons. The Bertz CT molecular complexity index is 1170. The first-order valence-corrected chi connectivity index (χ1v) is 10.2. The highest BCUT2D eigenvalue weighted by Crippen LogP contribution is 2.27. The van der Waals surface area contributed by atoms with Gasteiger partial charge in [-0.05, 0) is 42.5 Å². The lowest BCUT2D eigenvalue weighted by Crippen LogP contribution is -2.19. The molecule has 0 aliphatic carbocycles. The molecule has 0 spiro atoms. The lowest BCUT2D eigenvalue weighted by molar-refractivity contribution is 0.102. The van der Waals surface area contributed by atoms with E-state index in [1.54, 1.807) is 36.4 Å². The van der Waals surface area contributed by atoms with Gasteiger partial charge in [0, 0.05) is 0 Å². The van der Waals surface area contributed by atoms with Crippen LogP contribution in [0.15, 0.2) is 71.6 Å². The van der Waals surface area contributed by atoms with Gasteiger partial charge in [0.1, 0.15) is 11.6 Å². The molecule has 0 heterocycles. The van der Waals surface area contributed by atoms with Crippen LogP contribution in [0.3, 0.4) is 0 Å². The number of ether oxygens (including phenoxy) is 1. The Morgan fingerprint density at radius 2 is 1.66 bits per heavy atom. The molecule has 3 rings (SSSR count). The normalized spacial score (nSPS) is 11.0. The van der Waals surface area contributed by atoms with Crippen molar-refractivity contribution < 1.29 is 22.3 Å². The number of halogens is 2. The molecule has 3 aromatic rings. The molecule has 0 radical (unpaired) electrons. The highest BCUT2D eigenvalue weighted by atomic mass is 35.5. The van der Waals surface area contributed by atoms with Crippen LogP contribution in [-0.2, 0) is 10.0 Å². The molecule has 0 atom stereocenters. The minimum absolute atomic E-state index is 0.0559. The first-order chi connectivity index (χ1) is 13.8. The van der Waals surface area contributed by atoms with E-state index in [-0.39, 0.29) is 21.2 Å². The summed E-state index contributed by atoms with van der Waals surface area (Å²) in [6.45, 7) is 0. The van der Waals surface area contributed by atoms with Crippen molar-refractivity contribution in [1.29, 1.82) is 0 Å². The van der Waals surface area contributed by atoms with E-state index < -0.39 is 21.7 Å². The van der Waals surface area contributed by atoms with Crippen LogP contribution in [0.2, 0.25) is 5.02 Å². The number of nitrogens with one attached hydrogen (secondary N) is 2. The maximum absolute atomic E-state index is 13.3. The summed E-state index contributed by atoms with van der Waals surface area (Å²) >= 11 is 5.68. The number of amides is 1. The van der Waals surface area contributed by atoms with Gasteiger partial charge in [-0.3, -0.25) is 9.52 Å². The zero-order valence-electron chi connectivity index (χ0n) is 15.1. The van der Waals surface area contributed by atoms with E-state index in [0.29, 0.717) is 11.4 Å². The summed E-state index contributed by atoms with van der Waals surface area (Å²) in [6, 6.07) is 16.0. The number of para-hydroxylation sites is 3. The van der Waals surface area contributed by atoms with Crippen molar-refractivity contribution >= 4 is 38.9 Å². The molecule has 0 unspecified atom stereocenters. The molecule has 1 amide bonds. The SMILES string of the molecule is COc1ccccc1NC(=O)c1ccccc1NS(=O)(=O)c1ccc(F)c(Cl)c1. The number of carbonyl (C=O) groups excluding carboxylic acids is 1. The lowest BCUT2D eigenvalue weighted by atomic mass is 10.1. The smallest absolute Gasteiger partial charge is 0.261 e. The van der Waals surface area contributed by atoms with Crippen LogP contribution < -0.4 is 14.8 Å². The summed E-state index contributed by atoms with van der Waals surface area (Å²) in [6.07, 6.45) is 0. The van der Waals surface area contributed by atoms with Crippen molar-refractivity contribution in [3.8, 4) is 5.75 Å². The molecule has 6 nitrogen and oxygen atoms in total. The average molecular weight is 435 g/mol. The molecule has 29 heavy (non-hydrogen) atoms. The van der Waals surface area contributed by atoms with Gasteiger partial charge >= 0.3 is 0 Å². The van der Waals surface area contributed by atoms with Crippen molar-refractivity contribution in [3.05, 3.63) is 83.1 Å². The van der Waals surface area contributed by atoms with Gasteiger partial charge in [0.25, 0.3) is 15.9 Å². The molecule has 3 aromatic carbocycles. The summed E-state index contributed by atoms with van der Waals surface area (Å²) in [5.41, 5.74) is 0.582. The van der Waals surface area contributed by atoms with Gasteiger partial charge < -0.3 is 10.1 Å². The summed E-state index contributed by atoms with van der Waals surface area (Å²) < 4.78 is 46.2. The number of rotatable bonds is 6. The predicted octanol–water partition coefficient (Wildman–Crippen LogP) is 4.54. The first kappa shape index (κ1) is 20.6. The Kier molecular flexibility index (Phi) is 6.05. The fourth-order valence-electron chi connectivity index (χ4n) is 2.56. The number of hydrogen-bond acceptors (Lipinski definition) is 4. The summed E-state index contributed by atoms with van der Waals surface area (Å²) in [4.78, 5) is 12.5. The molecule has 0 saturated carbocycles. The molecule has 0 aromatic heterocycles. The third-order valence-electron chi connectivity index (χ3n) is 3.97. The standard InChI is InChI=1S/C20H16ClFN2O4S/c1-28-19-9-5-4-8-18(19)23-20(25)14-6-2-3-7-17(14)24-29(26,27)13-10-11-16(22)15(21)12-13/h2-12,24H,1H3,(H,23,25). The fraction of sp³-hybridized carbons (Fsp3) is 0.0500. The monoisotopic (exact) mass is 434 g/mol. The quantitative estimate of drug-likeness (QED) is 0.596. The Labute approximate surface area is 172 Å². The summed E-state index contributed by atoms with van der Waals surface area (Å²) in [5.74, 6) is -0.813. The second-order valence-electron chi connectivity index (χ2n) is 5.88. The third kappa shape index (κ3) is 4.67. The van der Waals surface area contributed by atoms with E-state index in [4.69, 9.17) is 16.3 Å². The second kappa shape index (κ2) is 8.50. The molecule has 0 bridgehead atoms. The zero-order chi connectivity index (χ0) is 21.0. The maximum atomic E-state index is 13.3. The van der Waals surface area contributed by atoms with Gasteiger partial charge in [-0.15, -0.1) is 0 Å². The van der Waals surface area contributed by atoms with E-state index in [0.717, 1.165) is 18.2 Å². The third-order valence-corrected chi connectivity index (χ3v) is 5.63. The molecule has 0 fully saturated rings. The van der Waals surface area contributed by atoms with Crippen LogP contribution in [0.1, 0.15) is 10.4 Å². The largest absolute Gasteiger partial charge is 0.495 e. The first-order valence-electron chi connectivity index (χ1n) is 8.33. The van der Waals surface area contributed by atoms with Gasteiger partial charge in [-0.1, -0.05) is 35.9 Å². The second-order valence-corrected chi connectivity index (χ2v) is 7.97.